The maximum Gasteiger partial charge on any atom is 0.407 e. The van der Waals surface area contributed by atoms with Crippen LogP contribution >= 0.6 is 0 Å². The summed E-state index contributed by atoms with van der Waals surface area (Å²) in [4.78, 5) is 58.0. The van der Waals surface area contributed by atoms with Gasteiger partial charge in [-0.3, -0.25) is 9.59 Å². The number of hydrogen-bond donors (Lipinski definition) is 4. The average molecular weight is 766 g/mol. The van der Waals surface area contributed by atoms with Crippen LogP contribution in [0.25, 0.3) is 33.6 Å². The Labute approximate surface area is 333 Å². The maximum absolute atomic E-state index is 14.0. The fourth-order valence-corrected chi connectivity index (χ4v) is 9.93. The first-order chi connectivity index (χ1) is 27.7. The van der Waals surface area contributed by atoms with E-state index in [-0.39, 0.29) is 41.1 Å². The highest BCUT2D eigenvalue weighted by Gasteiger charge is 2.55. The van der Waals surface area contributed by atoms with Crippen LogP contribution < -0.4 is 10.6 Å². The van der Waals surface area contributed by atoms with E-state index in [1.807, 2.05) is 37.2 Å². The molecule has 1 unspecified atom stereocenters. The van der Waals surface area contributed by atoms with Crippen LogP contribution in [0.15, 0.2) is 91.3 Å². The average Bonchev–Trinajstić information content (AvgIpc) is 3.90. The van der Waals surface area contributed by atoms with Crippen LogP contribution in [0.4, 0.5) is 4.79 Å². The topological polar surface area (TPSA) is 145 Å². The maximum atomic E-state index is 14.0. The lowest BCUT2D eigenvalue weighted by atomic mass is 9.78. The zero-order chi connectivity index (χ0) is 39.3. The summed E-state index contributed by atoms with van der Waals surface area (Å²) in [7, 11) is 1.30. The van der Waals surface area contributed by atoms with E-state index in [2.05, 4.69) is 93.4 Å². The molecule has 4 aliphatic rings. The quantitative estimate of drug-likeness (QED) is 0.107. The number of hydrogen-bond acceptors (Lipinski definition) is 6. The summed E-state index contributed by atoms with van der Waals surface area (Å²) < 4.78 is 4.77. The van der Waals surface area contributed by atoms with Crippen LogP contribution in [0.2, 0.25) is 0 Å². The number of amides is 3. The first-order valence-electron chi connectivity index (χ1n) is 20.5. The van der Waals surface area contributed by atoms with Crippen LogP contribution in [0, 0.1) is 23.7 Å². The van der Waals surface area contributed by atoms with Crippen molar-refractivity contribution in [1.29, 1.82) is 0 Å². The van der Waals surface area contributed by atoms with Gasteiger partial charge in [-0.15, -0.1) is 0 Å². The minimum Gasteiger partial charge on any atom is -0.453 e. The summed E-state index contributed by atoms with van der Waals surface area (Å²) in [5.74, 6) is 2.60. The Morgan fingerprint density at radius 1 is 0.789 bits per heavy atom. The fourth-order valence-electron chi connectivity index (χ4n) is 9.93. The van der Waals surface area contributed by atoms with E-state index in [1.54, 1.807) is 0 Å². The molecule has 5 aromatic rings. The van der Waals surface area contributed by atoms with Crippen LogP contribution in [0.5, 0.6) is 0 Å². The van der Waals surface area contributed by atoms with Gasteiger partial charge in [0.15, 0.2) is 0 Å². The third kappa shape index (κ3) is 7.02. The lowest BCUT2D eigenvalue weighted by Gasteiger charge is -2.31. The highest BCUT2D eigenvalue weighted by atomic mass is 16.5. The number of nitrogens with one attached hydrogen (secondary N) is 4. The zero-order valence-electron chi connectivity index (χ0n) is 32.8. The molecule has 2 aromatic heterocycles. The van der Waals surface area contributed by atoms with Gasteiger partial charge in [0, 0.05) is 12.5 Å². The lowest BCUT2D eigenvalue weighted by molar-refractivity contribution is -0.135. The Hall–Kier alpha value is -5.71. The van der Waals surface area contributed by atoms with E-state index in [0.29, 0.717) is 18.4 Å². The van der Waals surface area contributed by atoms with Crippen LogP contribution in [-0.4, -0.2) is 62.4 Å². The van der Waals surface area contributed by atoms with E-state index in [4.69, 9.17) is 14.7 Å². The fraction of sp³-hybridized carbons (Fsp3) is 0.413. The number of benzene rings is 3. The summed E-state index contributed by atoms with van der Waals surface area (Å²) in [5, 5.41) is 6.21. The van der Waals surface area contributed by atoms with Gasteiger partial charge in [0.25, 0.3) is 0 Å². The molecule has 3 aliphatic carbocycles. The summed E-state index contributed by atoms with van der Waals surface area (Å²) in [6, 6.07) is 26.5. The third-order valence-electron chi connectivity index (χ3n) is 13.1. The van der Waals surface area contributed by atoms with Crippen molar-refractivity contribution in [3.8, 4) is 33.6 Å². The second-order valence-corrected chi connectivity index (χ2v) is 16.9. The van der Waals surface area contributed by atoms with E-state index < -0.39 is 12.1 Å². The van der Waals surface area contributed by atoms with Gasteiger partial charge in [-0.25, -0.2) is 14.8 Å². The van der Waals surface area contributed by atoms with E-state index in [1.165, 1.54) is 12.7 Å². The molecule has 3 amide bonds. The van der Waals surface area contributed by atoms with Crippen molar-refractivity contribution in [2.75, 3.05) is 13.7 Å². The molecule has 0 radical (unpaired) electrons. The predicted molar refractivity (Wildman–Crippen MR) is 217 cm³/mol. The van der Waals surface area contributed by atoms with Crippen molar-refractivity contribution in [2.45, 2.75) is 82.3 Å². The number of rotatable bonds is 11. The van der Waals surface area contributed by atoms with Crippen molar-refractivity contribution in [3.63, 3.8) is 0 Å². The SMILES string of the molecule is COC(=O)N[C@H](C(=O)N1CCC[C@H]1c1ncc(-c2ccc(-c3ccc(-c4cnc(C5[C@H]6CC[C@H](C6)[C@H]5C(=O)NC5(c6ccccc6)CC5)[nH]4)cc3)cc2)[nH]1)C(C)C. The van der Waals surface area contributed by atoms with Crippen LogP contribution in [0.1, 0.15) is 88.0 Å². The molecule has 0 spiro atoms. The molecular weight excluding hydrogens is 715 g/mol. The number of nitrogens with zero attached hydrogens (tertiary/aromatic N) is 3. The highest BCUT2D eigenvalue weighted by Crippen LogP contribution is 2.57. The normalized spacial score (nSPS) is 23.7. The molecular formula is C46H51N7O4. The van der Waals surface area contributed by atoms with Crippen molar-refractivity contribution < 1.29 is 19.1 Å². The molecule has 3 heterocycles. The Morgan fingerprint density at radius 3 is 2.00 bits per heavy atom. The minimum absolute atomic E-state index is 0.0523. The van der Waals surface area contributed by atoms with E-state index in [0.717, 1.165) is 90.2 Å². The minimum atomic E-state index is -0.675. The first-order valence-corrected chi connectivity index (χ1v) is 20.5. The number of methoxy groups -OCH3 is 1. The van der Waals surface area contributed by atoms with Gasteiger partial charge in [-0.2, -0.15) is 0 Å². The number of imidazole rings is 2. The number of carbonyl (C=O) groups is 3. The Kier molecular flexibility index (Phi) is 9.70. The standard InChI is InChI=1S/C46H51N7O4/c1-27(2)40(51-45(56)57-3)44(55)53-23-7-10-37(53)41-47-25-35(49-41)30-15-11-28(12-16-30)29-13-17-31(18-14-29)36-26-48-42(50-36)38-32-19-20-33(24-32)39(38)43(54)52-46(21-22-46)34-8-5-4-6-9-34/h4-6,8-9,11-18,25-27,32-33,37-40H,7,10,19-24H2,1-3H3,(H,47,49)(H,48,50)(H,51,56)(H,52,54)/t32-,33+,37-,38?,39+,40-/m0/s1. The second kappa shape index (κ2) is 15.0. The van der Waals surface area contributed by atoms with Gasteiger partial charge in [-0.1, -0.05) is 92.7 Å². The third-order valence-corrected chi connectivity index (χ3v) is 13.1. The van der Waals surface area contributed by atoms with Gasteiger partial charge in [0.1, 0.15) is 17.7 Å². The van der Waals surface area contributed by atoms with Crippen molar-refractivity contribution in [2.24, 2.45) is 23.7 Å². The molecule has 1 aliphatic heterocycles. The monoisotopic (exact) mass is 765 g/mol. The molecule has 294 valence electrons. The Bertz CT molecular complexity index is 2240. The molecule has 9 rings (SSSR count). The van der Waals surface area contributed by atoms with E-state index in [9.17, 15) is 14.4 Å². The smallest absolute Gasteiger partial charge is 0.407 e. The summed E-state index contributed by atoms with van der Waals surface area (Å²) in [5.41, 5.74) is 7.11. The number of H-pyrrole nitrogens is 2. The summed E-state index contributed by atoms with van der Waals surface area (Å²) in [6.07, 6.45) is 10.2. The number of ether oxygens (including phenoxy) is 1. The molecule has 4 N–H and O–H groups in total. The van der Waals surface area contributed by atoms with Crippen molar-refractivity contribution in [1.82, 2.24) is 35.5 Å². The van der Waals surface area contributed by atoms with E-state index >= 15 is 0 Å². The van der Waals surface area contributed by atoms with Crippen LogP contribution in [-0.2, 0) is 19.9 Å². The van der Waals surface area contributed by atoms with Crippen molar-refractivity contribution in [3.05, 3.63) is 108 Å². The zero-order valence-corrected chi connectivity index (χ0v) is 32.8. The lowest BCUT2D eigenvalue weighted by Crippen LogP contribution is -2.51. The van der Waals surface area contributed by atoms with Gasteiger partial charge in [0.05, 0.1) is 48.4 Å². The molecule has 1 saturated heterocycles. The first kappa shape index (κ1) is 36.9. The predicted octanol–water partition coefficient (Wildman–Crippen LogP) is 8.11. The molecule has 6 atom stereocenters. The molecule has 4 fully saturated rings. The molecule has 11 nitrogen and oxygen atoms in total. The number of carbonyl (C=O) groups excluding carboxylic acids is 3. The Morgan fingerprint density at radius 2 is 1.39 bits per heavy atom. The van der Waals surface area contributed by atoms with Gasteiger partial charge in [0.2, 0.25) is 11.8 Å². The molecule has 3 saturated carbocycles. The number of aromatic amines is 2. The molecule has 57 heavy (non-hydrogen) atoms. The molecule has 11 heteroatoms. The van der Waals surface area contributed by atoms with Crippen LogP contribution in [0.3, 0.4) is 0 Å². The summed E-state index contributed by atoms with van der Waals surface area (Å²) in [6.45, 7) is 4.43. The van der Waals surface area contributed by atoms with Crippen molar-refractivity contribution >= 4 is 17.9 Å². The summed E-state index contributed by atoms with van der Waals surface area (Å²) >= 11 is 0. The van der Waals surface area contributed by atoms with Gasteiger partial charge in [-0.05, 0) is 90.5 Å². The van der Waals surface area contributed by atoms with Gasteiger partial charge >= 0.3 is 6.09 Å². The number of alkyl carbamates (subject to hydrolysis) is 1. The van der Waals surface area contributed by atoms with Gasteiger partial charge < -0.3 is 30.2 Å². The number of aromatic nitrogens is 4. The largest absolute Gasteiger partial charge is 0.453 e. The number of fused-ring (bicyclic) bond motifs is 2. The number of likely N-dealkylation sites (tertiary alicyclic amines) is 1. The molecule has 2 bridgehead atoms. The molecule has 3 aromatic carbocycles. The Balaban J connectivity index is 0.858. The highest BCUT2D eigenvalue weighted by molar-refractivity contribution is 5.86. The second-order valence-electron chi connectivity index (χ2n) is 16.9.